The molecular formula is C15H18Cl2N4OS. The molecular weight excluding hydrogens is 355 g/mol. The molecule has 8 heteroatoms. The predicted octanol–water partition coefficient (Wildman–Crippen LogP) is 3.79. The Hall–Kier alpha value is -1.24. The van der Waals surface area contributed by atoms with Crippen molar-refractivity contribution in [2.45, 2.75) is 37.2 Å². The second-order valence-corrected chi connectivity index (χ2v) is 7.40. The maximum atomic E-state index is 12.4. The van der Waals surface area contributed by atoms with Crippen LogP contribution >= 0.6 is 35.0 Å². The van der Waals surface area contributed by atoms with Gasteiger partial charge in [0.1, 0.15) is 5.82 Å². The number of thioether (sulfide) groups is 1. The van der Waals surface area contributed by atoms with Crippen molar-refractivity contribution in [2.75, 3.05) is 0 Å². The minimum atomic E-state index is -0.300. The van der Waals surface area contributed by atoms with Crippen molar-refractivity contribution in [2.24, 2.45) is 7.05 Å². The summed E-state index contributed by atoms with van der Waals surface area (Å²) in [6.07, 6.45) is 0. The zero-order valence-electron chi connectivity index (χ0n) is 13.3. The zero-order chi connectivity index (χ0) is 17.1. The van der Waals surface area contributed by atoms with Gasteiger partial charge in [-0.2, -0.15) is 0 Å². The van der Waals surface area contributed by atoms with Gasteiger partial charge >= 0.3 is 0 Å². The summed E-state index contributed by atoms with van der Waals surface area (Å²) in [5, 5.41) is 12.5. The molecule has 1 heterocycles. The number of carbonyl (C=O) groups excluding carboxylic acids is 1. The molecule has 0 unspecified atom stereocenters. The summed E-state index contributed by atoms with van der Waals surface area (Å²) in [4.78, 5) is 12.4. The van der Waals surface area contributed by atoms with Crippen LogP contribution in [0.25, 0.3) is 0 Å². The highest BCUT2D eigenvalue weighted by Gasteiger charge is 2.21. The van der Waals surface area contributed by atoms with Gasteiger partial charge in [0.15, 0.2) is 5.16 Å². The molecule has 0 bridgehead atoms. The molecule has 5 nitrogen and oxygen atoms in total. The van der Waals surface area contributed by atoms with E-state index in [4.69, 9.17) is 23.2 Å². The van der Waals surface area contributed by atoms with Crippen LogP contribution in [0.3, 0.4) is 0 Å². The SMILES string of the molecule is Cc1nnc(S[C@@H](C)C(=O)N[C@@H](C)c2ccc(Cl)cc2Cl)n1C. The largest absolute Gasteiger partial charge is 0.349 e. The summed E-state index contributed by atoms with van der Waals surface area (Å²) in [6, 6.07) is 5.03. The Bertz CT molecular complexity index is 719. The molecule has 1 aromatic carbocycles. The number of halogens is 2. The molecule has 0 fully saturated rings. The van der Waals surface area contributed by atoms with Crippen LogP contribution in [-0.4, -0.2) is 25.9 Å². The van der Waals surface area contributed by atoms with Crippen LogP contribution in [0, 0.1) is 6.92 Å². The first-order valence-electron chi connectivity index (χ1n) is 7.07. The van der Waals surface area contributed by atoms with Crippen molar-refractivity contribution < 1.29 is 4.79 Å². The molecule has 0 radical (unpaired) electrons. The van der Waals surface area contributed by atoms with Crippen LogP contribution in [-0.2, 0) is 11.8 Å². The lowest BCUT2D eigenvalue weighted by molar-refractivity contribution is -0.120. The van der Waals surface area contributed by atoms with Gasteiger partial charge in [-0.15, -0.1) is 10.2 Å². The Balaban J connectivity index is 2.01. The molecule has 1 N–H and O–H groups in total. The summed E-state index contributed by atoms with van der Waals surface area (Å²) in [6.45, 7) is 5.59. The Morgan fingerprint density at radius 1 is 1.30 bits per heavy atom. The first-order chi connectivity index (χ1) is 10.8. The molecule has 0 spiro atoms. The van der Waals surface area contributed by atoms with Crippen LogP contribution in [0.2, 0.25) is 10.0 Å². The average molecular weight is 373 g/mol. The number of rotatable bonds is 5. The van der Waals surface area contributed by atoms with E-state index in [0.717, 1.165) is 11.4 Å². The number of aromatic nitrogens is 3. The van der Waals surface area contributed by atoms with E-state index in [0.29, 0.717) is 15.2 Å². The molecule has 2 rings (SSSR count). The first-order valence-corrected chi connectivity index (χ1v) is 8.71. The van der Waals surface area contributed by atoms with Gasteiger partial charge in [-0.05, 0) is 38.5 Å². The summed E-state index contributed by atoms with van der Waals surface area (Å²) in [5.41, 5.74) is 0.830. The number of hydrogen-bond acceptors (Lipinski definition) is 4. The quantitative estimate of drug-likeness (QED) is 0.811. The number of amides is 1. The van der Waals surface area contributed by atoms with Crippen LogP contribution in [0.15, 0.2) is 23.4 Å². The van der Waals surface area contributed by atoms with Crippen LogP contribution in [0.5, 0.6) is 0 Å². The van der Waals surface area contributed by atoms with Gasteiger partial charge in [0.05, 0.1) is 11.3 Å². The molecule has 1 aromatic heterocycles. The highest BCUT2D eigenvalue weighted by molar-refractivity contribution is 8.00. The van der Waals surface area contributed by atoms with Gasteiger partial charge in [0.2, 0.25) is 5.91 Å². The average Bonchev–Trinajstić information content (AvgIpc) is 2.79. The molecule has 0 aliphatic carbocycles. The molecule has 0 saturated heterocycles. The second-order valence-electron chi connectivity index (χ2n) is 5.24. The standard InChI is InChI=1S/C15H18Cl2N4OS/c1-8(12-6-5-11(16)7-13(12)17)18-14(22)9(2)23-15-20-19-10(3)21(15)4/h5-9H,1-4H3,(H,18,22)/t8-,9-/m0/s1. The van der Waals surface area contributed by atoms with Crippen LogP contribution in [0.4, 0.5) is 0 Å². The lowest BCUT2D eigenvalue weighted by atomic mass is 10.1. The molecule has 124 valence electrons. The second kappa shape index (κ2) is 7.55. The van der Waals surface area contributed by atoms with Gasteiger partial charge in [-0.3, -0.25) is 4.79 Å². The third-order valence-corrected chi connectivity index (χ3v) is 5.19. The van der Waals surface area contributed by atoms with E-state index in [1.54, 1.807) is 12.1 Å². The number of carbonyl (C=O) groups is 1. The fourth-order valence-corrected chi connectivity index (χ4v) is 3.40. The normalized spacial score (nSPS) is 13.7. The van der Waals surface area contributed by atoms with Crippen molar-refractivity contribution in [3.8, 4) is 0 Å². The summed E-state index contributed by atoms with van der Waals surface area (Å²) < 4.78 is 1.86. The third-order valence-electron chi connectivity index (χ3n) is 3.49. The fourth-order valence-electron chi connectivity index (χ4n) is 1.96. The van der Waals surface area contributed by atoms with Crippen molar-refractivity contribution in [3.63, 3.8) is 0 Å². The Kier molecular flexibility index (Phi) is 5.95. The summed E-state index contributed by atoms with van der Waals surface area (Å²) >= 11 is 13.4. The molecule has 1 amide bonds. The molecule has 0 saturated carbocycles. The molecule has 2 aromatic rings. The smallest absolute Gasteiger partial charge is 0.233 e. The zero-order valence-corrected chi connectivity index (χ0v) is 15.6. The maximum absolute atomic E-state index is 12.4. The van der Waals surface area contributed by atoms with Crippen molar-refractivity contribution in [1.82, 2.24) is 20.1 Å². The summed E-state index contributed by atoms with van der Waals surface area (Å²) in [7, 11) is 1.87. The Morgan fingerprint density at radius 3 is 2.57 bits per heavy atom. The fraction of sp³-hybridized carbons (Fsp3) is 0.400. The molecule has 2 atom stereocenters. The topological polar surface area (TPSA) is 59.8 Å². The number of benzene rings is 1. The summed E-state index contributed by atoms with van der Waals surface area (Å²) in [5.74, 6) is 0.718. The van der Waals surface area contributed by atoms with Crippen molar-refractivity contribution in [3.05, 3.63) is 39.6 Å². The predicted molar refractivity (Wildman–Crippen MR) is 94.1 cm³/mol. The number of hydrogen-bond donors (Lipinski definition) is 1. The molecule has 0 aliphatic heterocycles. The molecule has 23 heavy (non-hydrogen) atoms. The van der Waals surface area contributed by atoms with Gasteiger partial charge < -0.3 is 9.88 Å². The minimum Gasteiger partial charge on any atom is -0.349 e. The number of nitrogens with one attached hydrogen (secondary N) is 1. The van der Waals surface area contributed by atoms with E-state index in [1.807, 2.05) is 38.5 Å². The monoisotopic (exact) mass is 372 g/mol. The van der Waals surface area contributed by atoms with Crippen LogP contribution < -0.4 is 5.32 Å². The number of nitrogens with zero attached hydrogens (tertiary/aromatic N) is 3. The first kappa shape index (κ1) is 18.1. The van der Waals surface area contributed by atoms with Gasteiger partial charge in [0.25, 0.3) is 0 Å². The lowest BCUT2D eigenvalue weighted by Gasteiger charge is -2.18. The highest BCUT2D eigenvalue weighted by atomic mass is 35.5. The van der Waals surface area contributed by atoms with E-state index in [9.17, 15) is 4.79 Å². The van der Waals surface area contributed by atoms with Crippen molar-refractivity contribution in [1.29, 1.82) is 0 Å². The van der Waals surface area contributed by atoms with E-state index in [2.05, 4.69) is 15.5 Å². The lowest BCUT2D eigenvalue weighted by Crippen LogP contribution is -2.33. The maximum Gasteiger partial charge on any atom is 0.233 e. The highest BCUT2D eigenvalue weighted by Crippen LogP contribution is 2.27. The van der Waals surface area contributed by atoms with Gasteiger partial charge in [-0.25, -0.2) is 0 Å². The third kappa shape index (κ3) is 4.40. The van der Waals surface area contributed by atoms with Crippen LogP contribution in [0.1, 0.15) is 31.3 Å². The molecule has 0 aliphatic rings. The van der Waals surface area contributed by atoms with Crippen molar-refractivity contribution >= 4 is 40.9 Å². The number of aryl methyl sites for hydroxylation is 1. The minimum absolute atomic E-state index is 0.0887. The van der Waals surface area contributed by atoms with Gasteiger partial charge in [0, 0.05) is 17.1 Å². The van der Waals surface area contributed by atoms with E-state index >= 15 is 0 Å². The Morgan fingerprint density at radius 2 is 2.00 bits per heavy atom. The van der Waals surface area contributed by atoms with E-state index < -0.39 is 0 Å². The van der Waals surface area contributed by atoms with E-state index in [1.165, 1.54) is 11.8 Å². The Labute approximate surface area is 149 Å². The van der Waals surface area contributed by atoms with E-state index in [-0.39, 0.29) is 17.2 Å². The van der Waals surface area contributed by atoms with Gasteiger partial charge in [-0.1, -0.05) is 41.0 Å².